The van der Waals surface area contributed by atoms with Crippen LogP contribution in [0.25, 0.3) is 0 Å². The van der Waals surface area contributed by atoms with Crippen LogP contribution < -0.4 is 10.6 Å². The van der Waals surface area contributed by atoms with E-state index in [1.165, 1.54) is 0 Å². The van der Waals surface area contributed by atoms with Gasteiger partial charge in [-0.2, -0.15) is 0 Å². The van der Waals surface area contributed by atoms with Gasteiger partial charge in [0.1, 0.15) is 0 Å². The third-order valence-corrected chi connectivity index (χ3v) is 3.73. The molecule has 22 heavy (non-hydrogen) atoms. The zero-order valence-corrected chi connectivity index (χ0v) is 14.2. The number of carbonyl (C=O) groups is 2. The van der Waals surface area contributed by atoms with Crippen molar-refractivity contribution in [3.05, 3.63) is 57.5 Å². The van der Waals surface area contributed by atoms with Crippen molar-refractivity contribution in [3.63, 3.8) is 0 Å². The zero-order valence-electron chi connectivity index (χ0n) is 11.8. The Labute approximate surface area is 142 Å². The molecule has 4 nitrogen and oxygen atoms in total. The van der Waals surface area contributed by atoms with Crippen LogP contribution in [0.3, 0.4) is 0 Å². The SMILES string of the molecule is CCC(=O)Nc1ccc(Cl)c(NC(=O)c2cccc(Br)c2)c1. The van der Waals surface area contributed by atoms with Gasteiger partial charge in [-0.15, -0.1) is 0 Å². The lowest BCUT2D eigenvalue weighted by atomic mass is 10.2. The summed E-state index contributed by atoms with van der Waals surface area (Å²) in [6.45, 7) is 1.77. The molecule has 0 atom stereocenters. The van der Waals surface area contributed by atoms with Crippen molar-refractivity contribution < 1.29 is 9.59 Å². The molecule has 114 valence electrons. The summed E-state index contributed by atoms with van der Waals surface area (Å²) in [5.74, 6) is -0.381. The first-order chi connectivity index (χ1) is 10.5. The van der Waals surface area contributed by atoms with Gasteiger partial charge in [-0.05, 0) is 36.4 Å². The Morgan fingerprint density at radius 1 is 1.14 bits per heavy atom. The van der Waals surface area contributed by atoms with E-state index in [4.69, 9.17) is 11.6 Å². The first-order valence-corrected chi connectivity index (χ1v) is 7.83. The first-order valence-electron chi connectivity index (χ1n) is 6.66. The lowest BCUT2D eigenvalue weighted by Crippen LogP contribution is -2.13. The van der Waals surface area contributed by atoms with Crippen LogP contribution in [0.15, 0.2) is 46.9 Å². The number of carbonyl (C=O) groups excluding carboxylic acids is 2. The second kappa shape index (κ2) is 7.42. The highest BCUT2D eigenvalue weighted by molar-refractivity contribution is 9.10. The average molecular weight is 382 g/mol. The van der Waals surface area contributed by atoms with Crippen LogP contribution in [-0.2, 0) is 4.79 Å². The molecular weight excluding hydrogens is 368 g/mol. The van der Waals surface area contributed by atoms with Gasteiger partial charge in [-0.1, -0.05) is 40.5 Å². The summed E-state index contributed by atoms with van der Waals surface area (Å²) in [4.78, 5) is 23.7. The minimum absolute atomic E-state index is 0.105. The van der Waals surface area contributed by atoms with Gasteiger partial charge in [-0.25, -0.2) is 0 Å². The highest BCUT2D eigenvalue weighted by atomic mass is 79.9. The maximum absolute atomic E-state index is 12.2. The lowest BCUT2D eigenvalue weighted by molar-refractivity contribution is -0.115. The van der Waals surface area contributed by atoms with E-state index in [-0.39, 0.29) is 11.8 Å². The molecule has 6 heteroatoms. The summed E-state index contributed by atoms with van der Waals surface area (Å²) in [6, 6.07) is 12.0. The molecule has 0 aliphatic heterocycles. The van der Waals surface area contributed by atoms with E-state index in [9.17, 15) is 9.59 Å². The molecule has 0 aromatic heterocycles. The molecular formula is C16H14BrClN2O2. The van der Waals surface area contributed by atoms with Gasteiger partial charge in [0.2, 0.25) is 5.91 Å². The van der Waals surface area contributed by atoms with E-state index in [1.54, 1.807) is 43.3 Å². The van der Waals surface area contributed by atoms with Crippen LogP contribution in [0.4, 0.5) is 11.4 Å². The van der Waals surface area contributed by atoms with E-state index in [0.717, 1.165) is 4.47 Å². The standard InChI is InChI=1S/C16H14BrClN2O2/c1-2-15(21)19-12-6-7-13(18)14(9-12)20-16(22)10-4-3-5-11(17)8-10/h3-9H,2H2,1H3,(H,19,21)(H,20,22). The molecule has 0 bridgehead atoms. The number of hydrogen-bond acceptors (Lipinski definition) is 2. The van der Waals surface area contributed by atoms with Crippen LogP contribution in [0, 0.1) is 0 Å². The molecule has 0 aliphatic carbocycles. The molecule has 0 unspecified atom stereocenters. The molecule has 2 N–H and O–H groups in total. The molecule has 0 radical (unpaired) electrons. The third-order valence-electron chi connectivity index (χ3n) is 2.91. The fraction of sp³-hybridized carbons (Fsp3) is 0.125. The Balaban J connectivity index is 2.19. The Morgan fingerprint density at radius 2 is 1.91 bits per heavy atom. The summed E-state index contributed by atoms with van der Waals surface area (Å²) in [6.07, 6.45) is 0.377. The fourth-order valence-electron chi connectivity index (χ4n) is 1.77. The summed E-state index contributed by atoms with van der Waals surface area (Å²) in [5, 5.41) is 5.87. The summed E-state index contributed by atoms with van der Waals surface area (Å²) < 4.78 is 0.815. The number of amides is 2. The predicted molar refractivity (Wildman–Crippen MR) is 92.5 cm³/mol. The van der Waals surface area contributed by atoms with Gasteiger partial charge in [0.25, 0.3) is 5.91 Å². The van der Waals surface area contributed by atoms with Gasteiger partial charge in [0, 0.05) is 22.1 Å². The second-order valence-electron chi connectivity index (χ2n) is 4.56. The predicted octanol–water partition coefficient (Wildman–Crippen LogP) is 4.70. The third kappa shape index (κ3) is 4.32. The molecule has 0 fully saturated rings. The number of anilines is 2. The van der Waals surface area contributed by atoms with Crippen molar-refractivity contribution in [1.82, 2.24) is 0 Å². The molecule has 2 aromatic carbocycles. The largest absolute Gasteiger partial charge is 0.326 e. The lowest BCUT2D eigenvalue weighted by Gasteiger charge is -2.10. The fourth-order valence-corrected chi connectivity index (χ4v) is 2.34. The van der Waals surface area contributed by atoms with Crippen molar-refractivity contribution in [2.75, 3.05) is 10.6 Å². The molecule has 0 saturated heterocycles. The summed E-state index contributed by atoms with van der Waals surface area (Å²) in [5.41, 5.74) is 1.54. The Bertz CT molecular complexity index is 719. The van der Waals surface area contributed by atoms with Crippen molar-refractivity contribution in [1.29, 1.82) is 0 Å². The summed E-state index contributed by atoms with van der Waals surface area (Å²) >= 11 is 9.42. The van der Waals surface area contributed by atoms with Gasteiger partial charge in [-0.3, -0.25) is 9.59 Å². The topological polar surface area (TPSA) is 58.2 Å². The number of halogens is 2. The zero-order chi connectivity index (χ0) is 16.1. The minimum atomic E-state index is -0.276. The second-order valence-corrected chi connectivity index (χ2v) is 5.88. The maximum atomic E-state index is 12.2. The molecule has 2 aromatic rings. The van der Waals surface area contributed by atoms with E-state index in [1.807, 2.05) is 6.07 Å². The van der Waals surface area contributed by atoms with Crippen LogP contribution in [0.1, 0.15) is 23.7 Å². The average Bonchev–Trinajstić information content (AvgIpc) is 2.50. The van der Waals surface area contributed by atoms with Gasteiger partial charge >= 0.3 is 0 Å². The number of hydrogen-bond donors (Lipinski definition) is 2. The Morgan fingerprint density at radius 3 is 2.59 bits per heavy atom. The van der Waals surface area contributed by atoms with Gasteiger partial charge in [0.15, 0.2) is 0 Å². The highest BCUT2D eigenvalue weighted by Crippen LogP contribution is 2.26. The monoisotopic (exact) mass is 380 g/mol. The van der Waals surface area contributed by atoms with Crippen LogP contribution in [0.5, 0.6) is 0 Å². The van der Waals surface area contributed by atoms with Crippen molar-refractivity contribution in [2.24, 2.45) is 0 Å². The maximum Gasteiger partial charge on any atom is 0.255 e. The Kier molecular flexibility index (Phi) is 5.57. The molecule has 0 heterocycles. The number of rotatable bonds is 4. The molecule has 0 spiro atoms. The van der Waals surface area contributed by atoms with E-state index in [0.29, 0.717) is 28.4 Å². The molecule has 0 aliphatic rings. The van der Waals surface area contributed by atoms with Crippen LogP contribution >= 0.6 is 27.5 Å². The number of benzene rings is 2. The Hall–Kier alpha value is -1.85. The van der Waals surface area contributed by atoms with Gasteiger partial charge in [0.05, 0.1) is 10.7 Å². The quantitative estimate of drug-likeness (QED) is 0.806. The van der Waals surface area contributed by atoms with Crippen LogP contribution in [-0.4, -0.2) is 11.8 Å². The number of nitrogens with one attached hydrogen (secondary N) is 2. The molecule has 2 amide bonds. The van der Waals surface area contributed by atoms with E-state index >= 15 is 0 Å². The van der Waals surface area contributed by atoms with Crippen molar-refractivity contribution in [2.45, 2.75) is 13.3 Å². The normalized spacial score (nSPS) is 10.1. The van der Waals surface area contributed by atoms with Crippen molar-refractivity contribution in [3.8, 4) is 0 Å². The first kappa shape index (κ1) is 16.5. The van der Waals surface area contributed by atoms with E-state index < -0.39 is 0 Å². The summed E-state index contributed by atoms with van der Waals surface area (Å²) in [7, 11) is 0. The minimum Gasteiger partial charge on any atom is -0.326 e. The molecule has 2 rings (SSSR count). The van der Waals surface area contributed by atoms with E-state index in [2.05, 4.69) is 26.6 Å². The molecule has 0 saturated carbocycles. The van der Waals surface area contributed by atoms with Gasteiger partial charge < -0.3 is 10.6 Å². The highest BCUT2D eigenvalue weighted by Gasteiger charge is 2.10. The van der Waals surface area contributed by atoms with Crippen molar-refractivity contribution >= 4 is 50.7 Å². The smallest absolute Gasteiger partial charge is 0.255 e. The van der Waals surface area contributed by atoms with Crippen LogP contribution in [0.2, 0.25) is 5.02 Å².